The zero-order valence-corrected chi connectivity index (χ0v) is 10.7. The standard InChI is InChI=1S/C16H17F2N/c17-15-7-4-12(5-8-15)13-6-9-16(18)14(11-13)3-1-2-10-19/h4-9,11H,1-3,10,19H2. The summed E-state index contributed by atoms with van der Waals surface area (Å²) in [5, 5.41) is 0. The van der Waals surface area contributed by atoms with E-state index in [9.17, 15) is 8.78 Å². The van der Waals surface area contributed by atoms with Crippen LogP contribution in [0.4, 0.5) is 8.78 Å². The summed E-state index contributed by atoms with van der Waals surface area (Å²) in [6, 6.07) is 11.2. The van der Waals surface area contributed by atoms with E-state index >= 15 is 0 Å². The minimum atomic E-state index is -0.269. The molecule has 0 unspecified atom stereocenters. The summed E-state index contributed by atoms with van der Waals surface area (Å²) in [5.41, 5.74) is 7.92. The molecule has 0 atom stereocenters. The van der Waals surface area contributed by atoms with Gasteiger partial charge in [-0.25, -0.2) is 8.78 Å². The van der Waals surface area contributed by atoms with E-state index in [0.29, 0.717) is 18.5 Å². The van der Waals surface area contributed by atoms with Gasteiger partial charge in [-0.05, 0) is 66.8 Å². The van der Waals surface area contributed by atoms with Crippen LogP contribution in [0.25, 0.3) is 11.1 Å². The Hall–Kier alpha value is -1.74. The Kier molecular flexibility index (Phi) is 4.63. The van der Waals surface area contributed by atoms with Crippen molar-refractivity contribution in [3.05, 3.63) is 59.7 Å². The fraction of sp³-hybridized carbons (Fsp3) is 0.250. The third-order valence-corrected chi connectivity index (χ3v) is 3.12. The molecule has 100 valence electrons. The van der Waals surface area contributed by atoms with Gasteiger partial charge in [-0.1, -0.05) is 18.2 Å². The van der Waals surface area contributed by atoms with Crippen LogP contribution in [0.1, 0.15) is 18.4 Å². The molecule has 0 spiro atoms. The average Bonchev–Trinajstić information content (AvgIpc) is 2.42. The van der Waals surface area contributed by atoms with E-state index in [1.807, 2.05) is 6.07 Å². The number of halogens is 2. The molecule has 0 aliphatic rings. The number of rotatable bonds is 5. The van der Waals surface area contributed by atoms with Gasteiger partial charge in [-0.15, -0.1) is 0 Å². The highest BCUT2D eigenvalue weighted by molar-refractivity contribution is 5.64. The topological polar surface area (TPSA) is 26.0 Å². The minimum absolute atomic E-state index is 0.192. The zero-order valence-electron chi connectivity index (χ0n) is 10.7. The number of hydrogen-bond acceptors (Lipinski definition) is 1. The Morgan fingerprint density at radius 3 is 2.21 bits per heavy atom. The predicted octanol–water partition coefficient (Wildman–Crippen LogP) is 3.91. The summed E-state index contributed by atoms with van der Waals surface area (Å²) in [6.45, 7) is 0.624. The monoisotopic (exact) mass is 261 g/mol. The molecular formula is C16H17F2N. The van der Waals surface area contributed by atoms with Crippen LogP contribution in [0.15, 0.2) is 42.5 Å². The lowest BCUT2D eigenvalue weighted by molar-refractivity contribution is 0.601. The fourth-order valence-electron chi connectivity index (χ4n) is 2.05. The fourth-order valence-corrected chi connectivity index (χ4v) is 2.05. The highest BCUT2D eigenvalue weighted by Crippen LogP contribution is 2.23. The second-order valence-corrected chi connectivity index (χ2v) is 4.56. The molecule has 0 heterocycles. The summed E-state index contributed by atoms with van der Waals surface area (Å²) in [5.74, 6) is -0.461. The molecule has 0 saturated carbocycles. The summed E-state index contributed by atoms with van der Waals surface area (Å²) in [6.07, 6.45) is 2.44. The van der Waals surface area contributed by atoms with E-state index < -0.39 is 0 Å². The Morgan fingerprint density at radius 1 is 0.842 bits per heavy atom. The average molecular weight is 261 g/mol. The molecule has 0 fully saturated rings. The van der Waals surface area contributed by atoms with Gasteiger partial charge in [0.1, 0.15) is 11.6 Å². The number of aryl methyl sites for hydroxylation is 1. The van der Waals surface area contributed by atoms with Crippen molar-refractivity contribution in [1.82, 2.24) is 0 Å². The van der Waals surface area contributed by atoms with Crippen molar-refractivity contribution in [2.24, 2.45) is 5.73 Å². The van der Waals surface area contributed by atoms with Gasteiger partial charge in [-0.2, -0.15) is 0 Å². The molecule has 2 aromatic rings. The van der Waals surface area contributed by atoms with Crippen molar-refractivity contribution in [2.75, 3.05) is 6.54 Å². The van der Waals surface area contributed by atoms with Crippen molar-refractivity contribution in [1.29, 1.82) is 0 Å². The highest BCUT2D eigenvalue weighted by atomic mass is 19.1. The third-order valence-electron chi connectivity index (χ3n) is 3.12. The molecular weight excluding hydrogens is 244 g/mol. The van der Waals surface area contributed by atoms with Gasteiger partial charge < -0.3 is 5.73 Å². The largest absolute Gasteiger partial charge is 0.330 e. The molecule has 0 aromatic heterocycles. The number of unbranched alkanes of at least 4 members (excludes halogenated alkanes) is 1. The van der Waals surface area contributed by atoms with Gasteiger partial charge >= 0.3 is 0 Å². The van der Waals surface area contributed by atoms with Crippen molar-refractivity contribution in [3.8, 4) is 11.1 Å². The van der Waals surface area contributed by atoms with E-state index in [1.54, 1.807) is 18.2 Å². The maximum atomic E-state index is 13.7. The van der Waals surface area contributed by atoms with Crippen LogP contribution in [-0.4, -0.2) is 6.54 Å². The van der Waals surface area contributed by atoms with E-state index in [2.05, 4.69) is 0 Å². The van der Waals surface area contributed by atoms with E-state index in [-0.39, 0.29) is 11.6 Å². The molecule has 3 heteroatoms. The Labute approximate surface area is 112 Å². The number of nitrogens with two attached hydrogens (primary N) is 1. The highest BCUT2D eigenvalue weighted by Gasteiger charge is 2.05. The first kappa shape index (κ1) is 13.7. The molecule has 2 aromatic carbocycles. The molecule has 0 radical (unpaired) electrons. The van der Waals surface area contributed by atoms with Crippen LogP contribution in [0.5, 0.6) is 0 Å². The SMILES string of the molecule is NCCCCc1cc(-c2ccc(F)cc2)ccc1F. The van der Waals surface area contributed by atoms with Gasteiger partial charge in [0.25, 0.3) is 0 Å². The second kappa shape index (κ2) is 6.43. The van der Waals surface area contributed by atoms with Crippen molar-refractivity contribution < 1.29 is 8.78 Å². The van der Waals surface area contributed by atoms with E-state index in [4.69, 9.17) is 5.73 Å². The summed E-state index contributed by atoms with van der Waals surface area (Å²) < 4.78 is 26.6. The Bertz CT molecular complexity index is 535. The quantitative estimate of drug-likeness (QED) is 0.811. The van der Waals surface area contributed by atoms with E-state index in [1.165, 1.54) is 18.2 Å². The first-order valence-electron chi connectivity index (χ1n) is 6.45. The van der Waals surface area contributed by atoms with Crippen LogP contribution < -0.4 is 5.73 Å². The lowest BCUT2D eigenvalue weighted by Gasteiger charge is -2.07. The van der Waals surface area contributed by atoms with Crippen LogP contribution in [0.3, 0.4) is 0 Å². The molecule has 0 aliphatic carbocycles. The van der Waals surface area contributed by atoms with Crippen LogP contribution >= 0.6 is 0 Å². The van der Waals surface area contributed by atoms with Gasteiger partial charge in [0, 0.05) is 0 Å². The number of hydrogen-bond donors (Lipinski definition) is 1. The molecule has 0 aliphatic heterocycles. The molecule has 2 N–H and O–H groups in total. The normalized spacial score (nSPS) is 10.7. The molecule has 0 bridgehead atoms. The minimum Gasteiger partial charge on any atom is -0.330 e. The lowest BCUT2D eigenvalue weighted by atomic mass is 10.00. The van der Waals surface area contributed by atoms with Crippen molar-refractivity contribution in [3.63, 3.8) is 0 Å². The third kappa shape index (κ3) is 3.61. The van der Waals surface area contributed by atoms with Crippen LogP contribution in [-0.2, 0) is 6.42 Å². The summed E-state index contributed by atoms with van der Waals surface area (Å²) >= 11 is 0. The van der Waals surface area contributed by atoms with Gasteiger partial charge in [0.2, 0.25) is 0 Å². The smallest absolute Gasteiger partial charge is 0.126 e. The Balaban J connectivity index is 2.22. The van der Waals surface area contributed by atoms with E-state index in [0.717, 1.165) is 24.0 Å². The second-order valence-electron chi connectivity index (χ2n) is 4.56. The van der Waals surface area contributed by atoms with Crippen LogP contribution in [0.2, 0.25) is 0 Å². The van der Waals surface area contributed by atoms with Crippen molar-refractivity contribution >= 4 is 0 Å². The van der Waals surface area contributed by atoms with Gasteiger partial charge in [0.05, 0.1) is 0 Å². The Morgan fingerprint density at radius 2 is 1.53 bits per heavy atom. The first-order chi connectivity index (χ1) is 9.20. The zero-order chi connectivity index (χ0) is 13.7. The maximum absolute atomic E-state index is 13.7. The van der Waals surface area contributed by atoms with Gasteiger partial charge in [0.15, 0.2) is 0 Å². The maximum Gasteiger partial charge on any atom is 0.126 e. The lowest BCUT2D eigenvalue weighted by Crippen LogP contribution is -2.00. The first-order valence-corrected chi connectivity index (χ1v) is 6.45. The summed E-state index contributed by atoms with van der Waals surface area (Å²) in [7, 11) is 0. The van der Waals surface area contributed by atoms with Gasteiger partial charge in [-0.3, -0.25) is 0 Å². The molecule has 0 amide bonds. The van der Waals surface area contributed by atoms with Crippen molar-refractivity contribution in [2.45, 2.75) is 19.3 Å². The molecule has 0 saturated heterocycles. The number of benzene rings is 2. The molecule has 1 nitrogen and oxygen atoms in total. The summed E-state index contributed by atoms with van der Waals surface area (Å²) in [4.78, 5) is 0. The molecule has 2 rings (SSSR count). The molecule has 19 heavy (non-hydrogen) atoms. The predicted molar refractivity (Wildman–Crippen MR) is 73.8 cm³/mol. The van der Waals surface area contributed by atoms with Crippen LogP contribution in [0, 0.1) is 11.6 Å².